The number of ether oxygens (including phenoxy) is 3. The second-order valence-electron chi connectivity index (χ2n) is 9.63. The highest BCUT2D eigenvalue weighted by Crippen LogP contribution is 2.28. The summed E-state index contributed by atoms with van der Waals surface area (Å²) in [5, 5.41) is 0. The minimum Gasteiger partial charge on any atom is -0.493 e. The van der Waals surface area contributed by atoms with Gasteiger partial charge in [-0.1, -0.05) is 0 Å². The molecule has 1 saturated heterocycles. The molecule has 9 heteroatoms. The lowest BCUT2D eigenvalue weighted by Crippen LogP contribution is -2.42. The Labute approximate surface area is 202 Å². The summed E-state index contributed by atoms with van der Waals surface area (Å²) < 4.78 is 40.3. The second-order valence-corrected chi connectivity index (χ2v) is 11.6. The predicted molar refractivity (Wildman–Crippen MR) is 130 cm³/mol. The number of carbonyl (C=O) groups excluding carboxylic acids is 1. The fourth-order valence-corrected chi connectivity index (χ4v) is 4.29. The van der Waals surface area contributed by atoms with E-state index >= 15 is 0 Å². The summed E-state index contributed by atoms with van der Waals surface area (Å²) in [5.74, 6) is 1.09. The Morgan fingerprint density at radius 2 is 1.85 bits per heavy atom. The minimum atomic E-state index is -3.29. The summed E-state index contributed by atoms with van der Waals surface area (Å²) in [7, 11) is -1.66. The fraction of sp³-hybridized carbons (Fsp3) is 0.520. The van der Waals surface area contributed by atoms with Crippen molar-refractivity contribution in [2.75, 3.05) is 33.1 Å². The number of aromatic nitrogens is 1. The molecule has 8 nitrogen and oxygen atoms in total. The molecule has 1 aromatic carbocycles. The highest BCUT2D eigenvalue weighted by atomic mass is 32.2. The molecule has 0 N–H and O–H groups in total. The summed E-state index contributed by atoms with van der Waals surface area (Å²) in [4.78, 5) is 18.5. The Morgan fingerprint density at radius 3 is 2.41 bits per heavy atom. The number of carbonyl (C=O) groups is 1. The van der Waals surface area contributed by atoms with Crippen LogP contribution in [0.4, 0.5) is 4.79 Å². The lowest BCUT2D eigenvalue weighted by atomic mass is 9.98. The van der Waals surface area contributed by atoms with Crippen molar-refractivity contribution in [3.63, 3.8) is 0 Å². The molecule has 0 bridgehead atoms. The molecule has 1 aromatic heterocycles. The number of benzene rings is 1. The molecule has 186 valence electrons. The number of sulfone groups is 1. The molecule has 1 aliphatic heterocycles. The maximum absolute atomic E-state index is 12.3. The van der Waals surface area contributed by atoms with E-state index in [4.69, 9.17) is 14.2 Å². The van der Waals surface area contributed by atoms with E-state index in [0.717, 1.165) is 36.0 Å². The molecule has 1 amide bonds. The van der Waals surface area contributed by atoms with Crippen molar-refractivity contribution in [1.29, 1.82) is 0 Å². The van der Waals surface area contributed by atoms with Gasteiger partial charge in [0.25, 0.3) is 0 Å². The standard InChI is InChI=1S/C25H34N2O6S/c1-25(2,3)33-24(28)27-12-10-18(11-13-27)16-32-23-9-6-19(14-20(23)17-31-4)22-8-7-21(15-26-22)34(5,29)30/h6-9,14-15,18H,10-13,16-17H2,1-5H3. The van der Waals surface area contributed by atoms with Gasteiger partial charge in [0.1, 0.15) is 11.4 Å². The van der Waals surface area contributed by atoms with E-state index in [0.29, 0.717) is 37.9 Å². The summed E-state index contributed by atoms with van der Waals surface area (Å²) in [6.45, 7) is 7.85. The predicted octanol–water partition coefficient (Wildman–Crippen LogP) is 4.32. The Morgan fingerprint density at radius 1 is 1.15 bits per heavy atom. The Bertz CT molecular complexity index is 1090. The minimum absolute atomic E-state index is 0.186. The van der Waals surface area contributed by atoms with Gasteiger partial charge in [-0.25, -0.2) is 13.2 Å². The Hall–Kier alpha value is -2.65. The van der Waals surface area contributed by atoms with Gasteiger partial charge in [-0.15, -0.1) is 0 Å². The van der Waals surface area contributed by atoms with Crippen LogP contribution in [0, 0.1) is 5.92 Å². The van der Waals surface area contributed by atoms with Crippen LogP contribution < -0.4 is 4.74 Å². The smallest absolute Gasteiger partial charge is 0.410 e. The van der Waals surface area contributed by atoms with Gasteiger partial charge in [0.05, 0.1) is 23.8 Å². The van der Waals surface area contributed by atoms with Crippen LogP contribution in [0.25, 0.3) is 11.3 Å². The van der Waals surface area contributed by atoms with Crippen molar-refractivity contribution in [3.05, 3.63) is 42.1 Å². The summed E-state index contributed by atoms with van der Waals surface area (Å²) in [6, 6.07) is 9.00. The molecule has 1 aliphatic rings. The monoisotopic (exact) mass is 490 g/mol. The first kappa shape index (κ1) is 26.0. The normalized spacial score (nSPS) is 15.3. The lowest BCUT2D eigenvalue weighted by Gasteiger charge is -2.33. The molecular weight excluding hydrogens is 456 g/mol. The van der Waals surface area contributed by atoms with E-state index in [1.54, 1.807) is 24.1 Å². The van der Waals surface area contributed by atoms with E-state index in [2.05, 4.69) is 4.98 Å². The van der Waals surface area contributed by atoms with Gasteiger partial charge in [0, 0.05) is 43.8 Å². The van der Waals surface area contributed by atoms with Gasteiger partial charge >= 0.3 is 6.09 Å². The second kappa shape index (κ2) is 10.7. The molecule has 0 aliphatic carbocycles. The number of likely N-dealkylation sites (tertiary alicyclic amines) is 1. The quantitative estimate of drug-likeness (QED) is 0.570. The van der Waals surface area contributed by atoms with E-state index in [9.17, 15) is 13.2 Å². The fourth-order valence-electron chi connectivity index (χ4n) is 3.73. The molecule has 0 spiro atoms. The van der Waals surface area contributed by atoms with Crippen LogP contribution in [-0.4, -0.2) is 63.1 Å². The van der Waals surface area contributed by atoms with E-state index in [1.165, 1.54) is 6.20 Å². The van der Waals surface area contributed by atoms with Crippen LogP contribution in [0.1, 0.15) is 39.2 Å². The number of hydrogen-bond donors (Lipinski definition) is 0. The number of amides is 1. The van der Waals surface area contributed by atoms with Crippen LogP contribution in [0.2, 0.25) is 0 Å². The highest BCUT2D eigenvalue weighted by molar-refractivity contribution is 7.90. The highest BCUT2D eigenvalue weighted by Gasteiger charge is 2.27. The van der Waals surface area contributed by atoms with Crippen LogP contribution in [0.3, 0.4) is 0 Å². The van der Waals surface area contributed by atoms with Gasteiger partial charge in [-0.3, -0.25) is 4.98 Å². The van der Waals surface area contributed by atoms with Crippen molar-refractivity contribution in [2.45, 2.75) is 50.7 Å². The molecule has 0 saturated carbocycles. The third-order valence-corrected chi connectivity index (χ3v) is 6.66. The van der Waals surface area contributed by atoms with Crippen molar-refractivity contribution >= 4 is 15.9 Å². The van der Waals surface area contributed by atoms with Gasteiger partial charge < -0.3 is 19.1 Å². The van der Waals surface area contributed by atoms with Crippen molar-refractivity contribution in [2.24, 2.45) is 5.92 Å². The molecule has 1 fully saturated rings. The first-order chi connectivity index (χ1) is 16.0. The number of nitrogens with zero attached hydrogens (tertiary/aromatic N) is 2. The number of piperidine rings is 1. The maximum atomic E-state index is 12.3. The molecule has 0 unspecified atom stereocenters. The van der Waals surface area contributed by atoms with Gasteiger partial charge in [0.2, 0.25) is 0 Å². The zero-order chi connectivity index (χ0) is 24.9. The average molecular weight is 491 g/mol. The molecule has 34 heavy (non-hydrogen) atoms. The molecule has 0 radical (unpaired) electrons. The van der Waals surface area contributed by atoms with Crippen LogP contribution in [0.15, 0.2) is 41.4 Å². The van der Waals surface area contributed by atoms with Gasteiger partial charge in [0.15, 0.2) is 9.84 Å². The van der Waals surface area contributed by atoms with Crippen molar-refractivity contribution in [3.8, 4) is 17.0 Å². The van der Waals surface area contributed by atoms with Crippen LogP contribution in [-0.2, 0) is 25.9 Å². The van der Waals surface area contributed by atoms with Crippen LogP contribution >= 0.6 is 0 Å². The maximum Gasteiger partial charge on any atom is 0.410 e. The van der Waals surface area contributed by atoms with Gasteiger partial charge in [-0.2, -0.15) is 0 Å². The third kappa shape index (κ3) is 7.17. The Balaban J connectivity index is 1.62. The number of hydrogen-bond acceptors (Lipinski definition) is 7. The van der Waals surface area contributed by atoms with Crippen molar-refractivity contribution < 1.29 is 27.4 Å². The zero-order valence-corrected chi connectivity index (χ0v) is 21.4. The Kier molecular flexibility index (Phi) is 8.20. The van der Waals surface area contributed by atoms with E-state index in [-0.39, 0.29) is 11.0 Å². The molecule has 2 aromatic rings. The molecule has 3 rings (SSSR count). The number of rotatable bonds is 7. The van der Waals surface area contributed by atoms with Gasteiger partial charge in [-0.05, 0) is 69.9 Å². The van der Waals surface area contributed by atoms with Crippen LogP contribution in [0.5, 0.6) is 5.75 Å². The van der Waals surface area contributed by atoms with Crippen molar-refractivity contribution in [1.82, 2.24) is 9.88 Å². The number of methoxy groups -OCH3 is 1. The molecular formula is C25H34N2O6S. The molecule has 0 atom stereocenters. The van der Waals surface area contributed by atoms with E-state index in [1.807, 2.05) is 39.0 Å². The lowest BCUT2D eigenvalue weighted by molar-refractivity contribution is 0.0164. The largest absolute Gasteiger partial charge is 0.493 e. The third-order valence-electron chi connectivity index (χ3n) is 5.56. The summed E-state index contributed by atoms with van der Waals surface area (Å²) in [5.41, 5.74) is 1.92. The summed E-state index contributed by atoms with van der Waals surface area (Å²) in [6.07, 6.45) is 3.98. The average Bonchev–Trinajstić information content (AvgIpc) is 2.77. The van der Waals surface area contributed by atoms with E-state index < -0.39 is 15.4 Å². The zero-order valence-electron chi connectivity index (χ0n) is 20.5. The number of pyridine rings is 1. The molecule has 2 heterocycles. The summed E-state index contributed by atoms with van der Waals surface area (Å²) >= 11 is 0. The topological polar surface area (TPSA) is 95.0 Å². The SMILES string of the molecule is COCc1cc(-c2ccc(S(C)(=O)=O)cn2)ccc1OCC1CCN(C(=O)OC(C)(C)C)CC1. The first-order valence-electron chi connectivity index (χ1n) is 11.4. The first-order valence-corrected chi connectivity index (χ1v) is 13.2.